The summed E-state index contributed by atoms with van der Waals surface area (Å²) in [6.07, 6.45) is 3.50. The van der Waals surface area contributed by atoms with Crippen molar-refractivity contribution < 1.29 is 26.7 Å². The topological polar surface area (TPSA) is 115 Å². The van der Waals surface area contributed by atoms with E-state index in [0.29, 0.717) is 28.8 Å². The molecule has 0 bridgehead atoms. The maximum Gasteiger partial charge on any atom is 0.267 e. The molecule has 2 heterocycles. The quantitative estimate of drug-likeness (QED) is 0.406. The average Bonchev–Trinajstić information content (AvgIpc) is 3.43. The Morgan fingerprint density at radius 3 is 1.53 bits per heavy atom. The fraction of sp³-hybridized carbons (Fsp3) is 0.125. The maximum atomic E-state index is 12.3. The van der Waals surface area contributed by atoms with E-state index in [9.17, 15) is 21.6 Å². The molecule has 0 fully saturated rings. The Labute approximate surface area is 198 Å². The molecule has 178 valence electrons. The van der Waals surface area contributed by atoms with Gasteiger partial charge in [-0.25, -0.2) is 24.8 Å². The Morgan fingerprint density at radius 2 is 1.15 bits per heavy atom. The van der Waals surface area contributed by atoms with Crippen molar-refractivity contribution in [2.75, 3.05) is 0 Å². The van der Waals surface area contributed by atoms with Crippen LogP contribution >= 0.6 is 0 Å². The fourth-order valence-corrected chi connectivity index (χ4v) is 6.11. The van der Waals surface area contributed by atoms with E-state index in [1.165, 1.54) is 34.6 Å². The number of aliphatic hydroxyl groups is 1. The largest absolute Gasteiger partial charge is 0.392 e. The van der Waals surface area contributed by atoms with Gasteiger partial charge in [0.15, 0.2) is 6.29 Å². The predicted octanol–water partition coefficient (Wildman–Crippen LogP) is 3.37. The van der Waals surface area contributed by atoms with Crippen molar-refractivity contribution >= 4 is 26.3 Å². The van der Waals surface area contributed by atoms with Gasteiger partial charge in [-0.3, -0.25) is 4.79 Å². The predicted molar refractivity (Wildman–Crippen MR) is 128 cm³/mol. The highest BCUT2D eigenvalue weighted by Crippen LogP contribution is 2.19. The first-order valence-corrected chi connectivity index (χ1v) is 13.0. The molecule has 10 heteroatoms. The second-order valence-electron chi connectivity index (χ2n) is 7.29. The number of aliphatic hydroxyl groups excluding tert-OH is 1. The molecular weight excluding hydrogens is 476 g/mol. The molecule has 0 aliphatic heterocycles. The highest BCUT2D eigenvalue weighted by atomic mass is 32.2. The minimum Gasteiger partial charge on any atom is -0.392 e. The molecule has 0 amide bonds. The molecule has 0 atom stereocenters. The van der Waals surface area contributed by atoms with Gasteiger partial charge in [-0.1, -0.05) is 36.4 Å². The van der Waals surface area contributed by atoms with E-state index in [-0.39, 0.29) is 16.4 Å². The van der Waals surface area contributed by atoms with Crippen molar-refractivity contribution in [3.63, 3.8) is 0 Å². The molecule has 4 rings (SSSR count). The first-order chi connectivity index (χ1) is 16.1. The van der Waals surface area contributed by atoms with Gasteiger partial charge in [0.1, 0.15) is 0 Å². The molecule has 0 aliphatic carbocycles. The Balaban J connectivity index is 0.000000191. The zero-order chi connectivity index (χ0) is 24.9. The lowest BCUT2D eigenvalue weighted by atomic mass is 10.3. The average molecular weight is 501 g/mol. The summed E-state index contributed by atoms with van der Waals surface area (Å²) in [4.78, 5) is 11.1. The Bertz CT molecular complexity index is 1490. The summed E-state index contributed by atoms with van der Waals surface area (Å²) in [5.41, 5.74) is 1.95. The summed E-state index contributed by atoms with van der Waals surface area (Å²) in [6, 6.07) is 19.4. The van der Waals surface area contributed by atoms with Crippen molar-refractivity contribution in [3.05, 3.63) is 108 Å². The minimum atomic E-state index is -3.60. The van der Waals surface area contributed by atoms with Crippen molar-refractivity contribution in [3.8, 4) is 0 Å². The number of aromatic nitrogens is 2. The van der Waals surface area contributed by atoms with Crippen LogP contribution in [0.2, 0.25) is 0 Å². The lowest BCUT2D eigenvalue weighted by molar-refractivity contribution is 0.112. The third-order valence-electron chi connectivity index (χ3n) is 5.24. The number of benzene rings is 2. The van der Waals surface area contributed by atoms with Gasteiger partial charge in [-0.05, 0) is 55.8 Å². The van der Waals surface area contributed by atoms with Gasteiger partial charge in [-0.15, -0.1) is 0 Å². The maximum absolute atomic E-state index is 12.3. The van der Waals surface area contributed by atoms with Crippen LogP contribution in [-0.2, 0) is 26.7 Å². The van der Waals surface area contributed by atoms with E-state index >= 15 is 0 Å². The van der Waals surface area contributed by atoms with Crippen LogP contribution < -0.4 is 0 Å². The van der Waals surface area contributed by atoms with Gasteiger partial charge < -0.3 is 5.11 Å². The lowest BCUT2D eigenvalue weighted by Gasteiger charge is -2.08. The number of hydrogen-bond acceptors (Lipinski definition) is 6. The molecule has 0 saturated heterocycles. The van der Waals surface area contributed by atoms with E-state index in [4.69, 9.17) is 5.11 Å². The fourth-order valence-electron chi connectivity index (χ4n) is 3.26. The van der Waals surface area contributed by atoms with E-state index in [0.717, 1.165) is 3.97 Å². The first kappa shape index (κ1) is 25.2. The molecule has 8 nitrogen and oxygen atoms in total. The summed E-state index contributed by atoms with van der Waals surface area (Å²) in [5.74, 6) is 0. The molecule has 0 radical (unpaired) electrons. The highest BCUT2D eigenvalue weighted by molar-refractivity contribution is 7.90. The van der Waals surface area contributed by atoms with Crippen LogP contribution in [0.15, 0.2) is 95.0 Å². The van der Waals surface area contributed by atoms with Gasteiger partial charge in [0.05, 0.1) is 16.4 Å². The first-order valence-electron chi connectivity index (χ1n) is 10.2. The minimum absolute atomic E-state index is 0.164. The molecule has 1 N–H and O–H groups in total. The van der Waals surface area contributed by atoms with Crippen LogP contribution in [0.4, 0.5) is 0 Å². The van der Waals surface area contributed by atoms with Gasteiger partial charge in [-0.2, -0.15) is 0 Å². The van der Waals surface area contributed by atoms with Crippen molar-refractivity contribution in [1.29, 1.82) is 0 Å². The van der Waals surface area contributed by atoms with Crippen LogP contribution in [-0.4, -0.2) is 36.2 Å². The van der Waals surface area contributed by atoms with Gasteiger partial charge in [0.2, 0.25) is 0 Å². The molecule has 0 spiro atoms. The molecule has 4 aromatic rings. The summed E-state index contributed by atoms with van der Waals surface area (Å²) in [5, 5.41) is 9.06. The standard InChI is InChI=1S/C12H13NO3S.C12H11NO3S/c2*1-10-11(9-14)7-8-13(10)17(15,16)12-5-3-2-4-6-12/h2-8,14H,9H2,1H3;2-9H,1H3. The Kier molecular flexibility index (Phi) is 7.55. The summed E-state index contributed by atoms with van der Waals surface area (Å²) in [6.45, 7) is 3.11. The number of aldehydes is 1. The third kappa shape index (κ3) is 4.89. The molecule has 0 aliphatic rings. The second-order valence-corrected chi connectivity index (χ2v) is 10.9. The zero-order valence-electron chi connectivity index (χ0n) is 18.6. The number of carbonyl (C=O) groups excluding carboxylic acids is 1. The number of rotatable bonds is 6. The van der Waals surface area contributed by atoms with E-state index < -0.39 is 20.0 Å². The summed E-state index contributed by atoms with van der Waals surface area (Å²) >= 11 is 0. The third-order valence-corrected chi connectivity index (χ3v) is 8.80. The smallest absolute Gasteiger partial charge is 0.267 e. The lowest BCUT2D eigenvalue weighted by Crippen LogP contribution is -2.13. The van der Waals surface area contributed by atoms with Gasteiger partial charge in [0.25, 0.3) is 20.0 Å². The van der Waals surface area contributed by atoms with Crippen LogP contribution in [0.5, 0.6) is 0 Å². The zero-order valence-corrected chi connectivity index (χ0v) is 20.2. The number of nitrogens with zero attached hydrogens (tertiary/aromatic N) is 2. The normalized spacial score (nSPS) is 11.5. The van der Waals surface area contributed by atoms with E-state index in [1.54, 1.807) is 68.4 Å². The van der Waals surface area contributed by atoms with E-state index in [1.807, 2.05) is 0 Å². The molecule has 34 heavy (non-hydrogen) atoms. The van der Waals surface area contributed by atoms with Crippen LogP contribution in [0.25, 0.3) is 0 Å². The molecule has 2 aromatic carbocycles. The molecule has 2 aromatic heterocycles. The van der Waals surface area contributed by atoms with Crippen molar-refractivity contribution in [2.24, 2.45) is 0 Å². The van der Waals surface area contributed by atoms with Crippen LogP contribution in [0.3, 0.4) is 0 Å². The Morgan fingerprint density at radius 1 is 0.706 bits per heavy atom. The van der Waals surface area contributed by atoms with Crippen LogP contribution in [0.1, 0.15) is 27.3 Å². The molecule has 0 unspecified atom stereocenters. The summed E-state index contributed by atoms with van der Waals surface area (Å²) < 4.78 is 51.3. The van der Waals surface area contributed by atoms with Crippen molar-refractivity contribution in [1.82, 2.24) is 7.94 Å². The highest BCUT2D eigenvalue weighted by Gasteiger charge is 2.20. The van der Waals surface area contributed by atoms with Gasteiger partial charge in [0, 0.05) is 29.3 Å². The monoisotopic (exact) mass is 500 g/mol. The van der Waals surface area contributed by atoms with Crippen molar-refractivity contribution in [2.45, 2.75) is 30.2 Å². The summed E-state index contributed by atoms with van der Waals surface area (Å²) in [7, 11) is -7.15. The Hall–Kier alpha value is -3.47. The van der Waals surface area contributed by atoms with E-state index in [2.05, 4.69) is 0 Å². The second kappa shape index (κ2) is 10.2. The van der Waals surface area contributed by atoms with Gasteiger partial charge >= 0.3 is 0 Å². The van der Waals surface area contributed by atoms with Crippen LogP contribution in [0, 0.1) is 13.8 Å². The molecule has 0 saturated carbocycles. The number of hydrogen-bond donors (Lipinski definition) is 1. The molecular formula is C24H24N2O6S2. The SMILES string of the molecule is Cc1c(C=O)ccn1S(=O)(=O)c1ccccc1.Cc1c(CO)ccn1S(=O)(=O)c1ccccc1. The number of carbonyl (C=O) groups is 1.